The van der Waals surface area contributed by atoms with Crippen LogP contribution in [-0.2, 0) is 16.7 Å². The van der Waals surface area contributed by atoms with Crippen LogP contribution in [0.5, 0.6) is 11.5 Å². The van der Waals surface area contributed by atoms with Crippen molar-refractivity contribution in [3.8, 4) is 11.5 Å². The second kappa shape index (κ2) is 10.5. The number of benzene rings is 2. The first-order chi connectivity index (χ1) is 15.6. The predicted octanol–water partition coefficient (Wildman–Crippen LogP) is 3.69. The normalized spacial score (nSPS) is 16.8. The second-order valence-corrected chi connectivity index (χ2v) is 9.74. The van der Waals surface area contributed by atoms with E-state index in [4.69, 9.17) is 14.2 Å². The highest BCUT2D eigenvalue weighted by Crippen LogP contribution is 2.34. The number of nitro groups is 1. The first-order valence-electron chi connectivity index (χ1n) is 11.3. The summed E-state index contributed by atoms with van der Waals surface area (Å²) in [4.78, 5) is 10.6. The van der Waals surface area contributed by atoms with Crippen LogP contribution >= 0.6 is 0 Å². The Morgan fingerprint density at radius 1 is 1.15 bits per heavy atom. The molecule has 1 heterocycles. The summed E-state index contributed by atoms with van der Waals surface area (Å²) < 4.78 is 17.7. The Hall–Kier alpha value is -2.68. The topological polar surface area (TPSA) is 91.1 Å². The van der Waals surface area contributed by atoms with Gasteiger partial charge in [0.15, 0.2) is 0 Å². The minimum Gasteiger partial charge on any atom is -0.497 e. The molecule has 3 rings (SSSR count). The lowest BCUT2D eigenvalue weighted by Gasteiger charge is -2.42. The van der Waals surface area contributed by atoms with Crippen molar-refractivity contribution in [2.24, 2.45) is 0 Å². The molecule has 33 heavy (non-hydrogen) atoms. The van der Waals surface area contributed by atoms with E-state index in [1.807, 2.05) is 18.2 Å². The molecule has 0 aromatic heterocycles. The molecule has 2 aromatic carbocycles. The zero-order chi connectivity index (χ0) is 24.1. The fourth-order valence-corrected chi connectivity index (χ4v) is 4.28. The van der Waals surface area contributed by atoms with Gasteiger partial charge in [-0.1, -0.05) is 20.8 Å². The number of hydrogen-bond donors (Lipinski definition) is 1. The highest BCUT2D eigenvalue weighted by Gasteiger charge is 2.34. The third kappa shape index (κ3) is 6.66. The number of methoxy groups -OCH3 is 1. The zero-order valence-electron chi connectivity index (χ0n) is 20.0. The van der Waals surface area contributed by atoms with Gasteiger partial charge in [0.1, 0.15) is 50.4 Å². The number of non-ortho nitro benzene ring substituents is 1. The van der Waals surface area contributed by atoms with E-state index in [-0.39, 0.29) is 17.7 Å². The van der Waals surface area contributed by atoms with Crippen LogP contribution in [0.15, 0.2) is 42.5 Å². The van der Waals surface area contributed by atoms with E-state index in [0.717, 1.165) is 35.7 Å². The molecule has 0 bridgehead atoms. The lowest BCUT2D eigenvalue weighted by atomic mass is 9.86. The molecule has 8 nitrogen and oxygen atoms in total. The summed E-state index contributed by atoms with van der Waals surface area (Å²) in [6.45, 7) is 10.5. The molecule has 180 valence electrons. The third-order valence-corrected chi connectivity index (χ3v) is 6.11. The van der Waals surface area contributed by atoms with Crippen LogP contribution < -0.4 is 9.47 Å². The molecule has 1 fully saturated rings. The first-order valence-corrected chi connectivity index (χ1v) is 11.3. The fraction of sp³-hybridized carbons (Fsp3) is 0.520. The summed E-state index contributed by atoms with van der Waals surface area (Å²) in [5, 5.41) is 21.9. The van der Waals surface area contributed by atoms with Gasteiger partial charge in [-0.15, -0.1) is 0 Å². The van der Waals surface area contributed by atoms with Gasteiger partial charge in [0.25, 0.3) is 5.69 Å². The smallest absolute Gasteiger partial charge is 0.269 e. The number of quaternary nitrogens is 1. The standard InChI is InChI=1S/C25H35N2O6/c1-25(2,3)23-15-22(31-4)9-10-24(23)33-18-21(28)17-27(11-13-32-14-12-27)16-19-5-7-20(8-6-19)26(29)30/h5-10,15,21,28H,11-14,16-18H2,1-4H3/q+1/t21-/m1/s1. The summed E-state index contributed by atoms with van der Waals surface area (Å²) in [6.07, 6.45) is -0.670. The van der Waals surface area contributed by atoms with Gasteiger partial charge in [-0.3, -0.25) is 10.1 Å². The summed E-state index contributed by atoms with van der Waals surface area (Å²) >= 11 is 0. The molecular weight excluding hydrogens is 424 g/mol. The Morgan fingerprint density at radius 2 is 1.82 bits per heavy atom. The van der Waals surface area contributed by atoms with Crippen molar-refractivity contribution in [1.29, 1.82) is 0 Å². The molecule has 2 aromatic rings. The molecule has 0 unspecified atom stereocenters. The number of aliphatic hydroxyl groups is 1. The third-order valence-electron chi connectivity index (χ3n) is 6.11. The van der Waals surface area contributed by atoms with Crippen molar-refractivity contribution in [3.63, 3.8) is 0 Å². The summed E-state index contributed by atoms with van der Waals surface area (Å²) in [5.41, 5.74) is 1.97. The van der Waals surface area contributed by atoms with Gasteiger partial charge < -0.3 is 23.8 Å². The van der Waals surface area contributed by atoms with E-state index in [1.165, 1.54) is 12.1 Å². The van der Waals surface area contributed by atoms with Crippen LogP contribution in [0, 0.1) is 10.1 Å². The van der Waals surface area contributed by atoms with E-state index < -0.39 is 11.0 Å². The summed E-state index contributed by atoms with van der Waals surface area (Å²) in [6, 6.07) is 12.4. The van der Waals surface area contributed by atoms with Gasteiger partial charge >= 0.3 is 0 Å². The SMILES string of the molecule is COc1ccc(OC[C@H](O)C[N+]2(Cc3ccc([N+](=O)[O-])cc3)CCOCC2)c(C(C)(C)C)c1. The van der Waals surface area contributed by atoms with Crippen LogP contribution in [0.4, 0.5) is 5.69 Å². The van der Waals surface area contributed by atoms with Gasteiger partial charge in [0, 0.05) is 23.3 Å². The van der Waals surface area contributed by atoms with E-state index in [1.54, 1.807) is 19.2 Å². The van der Waals surface area contributed by atoms with E-state index in [0.29, 0.717) is 30.8 Å². The van der Waals surface area contributed by atoms with E-state index in [9.17, 15) is 15.2 Å². The minimum atomic E-state index is -0.670. The average molecular weight is 460 g/mol. The average Bonchev–Trinajstić information content (AvgIpc) is 2.78. The number of rotatable bonds is 9. The van der Waals surface area contributed by atoms with Crippen molar-refractivity contribution < 1.29 is 28.7 Å². The summed E-state index contributed by atoms with van der Waals surface area (Å²) in [5.74, 6) is 1.51. The van der Waals surface area contributed by atoms with Crippen LogP contribution in [0.2, 0.25) is 0 Å². The van der Waals surface area contributed by atoms with Crippen LogP contribution in [-0.4, -0.2) is 67.2 Å². The van der Waals surface area contributed by atoms with Crippen molar-refractivity contribution in [2.75, 3.05) is 46.6 Å². The molecule has 0 amide bonds. The Kier molecular flexibility index (Phi) is 7.94. The maximum atomic E-state index is 11.0. The zero-order valence-corrected chi connectivity index (χ0v) is 20.0. The minimum absolute atomic E-state index is 0.0786. The quantitative estimate of drug-likeness (QED) is 0.349. The highest BCUT2D eigenvalue weighted by atomic mass is 16.6. The van der Waals surface area contributed by atoms with E-state index in [2.05, 4.69) is 20.8 Å². The largest absolute Gasteiger partial charge is 0.497 e. The Bertz CT molecular complexity index is 933. The Morgan fingerprint density at radius 3 is 2.39 bits per heavy atom. The lowest BCUT2D eigenvalue weighted by molar-refractivity contribution is -0.950. The lowest BCUT2D eigenvalue weighted by Crippen LogP contribution is -2.58. The van der Waals surface area contributed by atoms with Crippen molar-refractivity contribution in [2.45, 2.75) is 38.8 Å². The van der Waals surface area contributed by atoms with Crippen molar-refractivity contribution in [1.82, 2.24) is 0 Å². The highest BCUT2D eigenvalue weighted by molar-refractivity contribution is 5.44. The predicted molar refractivity (Wildman–Crippen MR) is 126 cm³/mol. The van der Waals surface area contributed by atoms with Crippen LogP contribution in [0.1, 0.15) is 31.9 Å². The monoisotopic (exact) mass is 459 g/mol. The Balaban J connectivity index is 1.70. The molecular formula is C25H35N2O6+. The number of ether oxygens (including phenoxy) is 3. The number of nitrogens with zero attached hydrogens (tertiary/aromatic N) is 2. The number of aliphatic hydroxyl groups excluding tert-OH is 1. The molecule has 0 aliphatic carbocycles. The van der Waals surface area contributed by atoms with Gasteiger partial charge in [-0.05, 0) is 35.7 Å². The number of nitro benzene ring substituents is 1. The molecule has 1 saturated heterocycles. The molecule has 1 atom stereocenters. The van der Waals surface area contributed by atoms with Crippen molar-refractivity contribution in [3.05, 3.63) is 63.7 Å². The second-order valence-electron chi connectivity index (χ2n) is 9.74. The number of hydrogen-bond acceptors (Lipinski definition) is 6. The van der Waals surface area contributed by atoms with Gasteiger partial charge in [0.2, 0.25) is 0 Å². The fourth-order valence-electron chi connectivity index (χ4n) is 4.28. The van der Waals surface area contributed by atoms with Gasteiger partial charge in [-0.25, -0.2) is 0 Å². The molecule has 1 aliphatic rings. The van der Waals surface area contributed by atoms with Gasteiger partial charge in [-0.2, -0.15) is 0 Å². The molecule has 1 N–H and O–H groups in total. The van der Waals surface area contributed by atoms with Crippen LogP contribution in [0.3, 0.4) is 0 Å². The van der Waals surface area contributed by atoms with Gasteiger partial charge in [0.05, 0.1) is 25.2 Å². The number of morpholine rings is 1. The maximum Gasteiger partial charge on any atom is 0.269 e. The molecule has 0 saturated carbocycles. The van der Waals surface area contributed by atoms with E-state index >= 15 is 0 Å². The first kappa shape index (κ1) is 25.0. The maximum absolute atomic E-state index is 11.0. The molecule has 0 spiro atoms. The van der Waals surface area contributed by atoms with Crippen molar-refractivity contribution >= 4 is 5.69 Å². The molecule has 8 heteroatoms. The summed E-state index contributed by atoms with van der Waals surface area (Å²) in [7, 11) is 1.64. The molecule has 0 radical (unpaired) electrons. The Labute approximate surface area is 195 Å². The molecule has 1 aliphatic heterocycles. The van der Waals surface area contributed by atoms with Crippen LogP contribution in [0.25, 0.3) is 0 Å².